The Kier molecular flexibility index (Phi) is 6.10. The lowest BCUT2D eigenvalue weighted by atomic mass is 10.1. The average molecular weight is 497 g/mol. The minimum atomic E-state index is -3.62. The molecule has 2 aromatic heterocycles. The number of aryl methyl sites for hydroxylation is 2. The van der Waals surface area contributed by atoms with E-state index in [0.717, 1.165) is 47.2 Å². The molecule has 5 rings (SSSR count). The van der Waals surface area contributed by atoms with Gasteiger partial charge in [-0.3, -0.25) is 4.68 Å². The fourth-order valence-electron chi connectivity index (χ4n) is 4.74. The summed E-state index contributed by atoms with van der Waals surface area (Å²) in [5.74, 6) is -0.283. The Labute approximate surface area is 204 Å². The van der Waals surface area contributed by atoms with Crippen molar-refractivity contribution < 1.29 is 12.8 Å². The van der Waals surface area contributed by atoms with Gasteiger partial charge in [0.05, 0.1) is 23.6 Å². The summed E-state index contributed by atoms with van der Waals surface area (Å²) < 4.78 is 44.7. The minimum Gasteiger partial charge on any atom is -0.370 e. The molecule has 8 nitrogen and oxygen atoms in total. The maximum atomic E-state index is 13.3. The lowest BCUT2D eigenvalue weighted by Crippen LogP contribution is -2.39. The summed E-state index contributed by atoms with van der Waals surface area (Å²) in [4.78, 5) is 2.47. The molecule has 1 saturated heterocycles. The third-order valence-corrected chi connectivity index (χ3v) is 8.58. The first-order valence-electron chi connectivity index (χ1n) is 11.8. The van der Waals surface area contributed by atoms with Crippen molar-refractivity contribution in [2.45, 2.75) is 44.2 Å². The molecule has 0 spiro atoms. The molecular weight excluding hydrogens is 467 g/mol. The molecule has 0 radical (unpaired) electrons. The maximum absolute atomic E-state index is 13.3. The van der Waals surface area contributed by atoms with Gasteiger partial charge in [-0.1, -0.05) is 6.92 Å². The first-order chi connectivity index (χ1) is 16.8. The van der Waals surface area contributed by atoms with E-state index >= 15 is 0 Å². The van der Waals surface area contributed by atoms with Crippen LogP contribution in [0.15, 0.2) is 59.9 Å². The molecular formula is C25H29FN6O2S. The fraction of sp³-hybridized carbons (Fsp3) is 0.360. The third kappa shape index (κ3) is 4.32. The van der Waals surface area contributed by atoms with Gasteiger partial charge >= 0.3 is 0 Å². The molecule has 1 aliphatic heterocycles. The van der Waals surface area contributed by atoms with E-state index in [9.17, 15) is 12.8 Å². The Morgan fingerprint density at radius 2 is 1.91 bits per heavy atom. The van der Waals surface area contributed by atoms with Gasteiger partial charge in [0.1, 0.15) is 10.7 Å². The van der Waals surface area contributed by atoms with Crippen molar-refractivity contribution in [1.29, 1.82) is 0 Å². The molecule has 0 amide bonds. The van der Waals surface area contributed by atoms with Crippen LogP contribution in [0, 0.1) is 12.7 Å². The van der Waals surface area contributed by atoms with Gasteiger partial charge in [0.2, 0.25) is 10.0 Å². The van der Waals surface area contributed by atoms with Crippen molar-refractivity contribution in [3.63, 3.8) is 0 Å². The van der Waals surface area contributed by atoms with Crippen molar-refractivity contribution >= 4 is 26.6 Å². The summed E-state index contributed by atoms with van der Waals surface area (Å²) in [6.07, 6.45) is 6.48. The van der Waals surface area contributed by atoms with E-state index in [1.54, 1.807) is 40.9 Å². The largest absolute Gasteiger partial charge is 0.370 e. The summed E-state index contributed by atoms with van der Waals surface area (Å²) in [6.45, 7) is 6.14. The molecule has 0 saturated carbocycles. The topological polar surface area (TPSA) is 76.3 Å². The minimum absolute atomic E-state index is 0.133. The van der Waals surface area contributed by atoms with E-state index in [1.807, 2.05) is 13.8 Å². The molecule has 1 fully saturated rings. The van der Waals surface area contributed by atoms with Gasteiger partial charge in [-0.25, -0.2) is 17.5 Å². The smallest absolute Gasteiger partial charge is 0.246 e. The first-order valence-corrected chi connectivity index (χ1v) is 13.2. The van der Waals surface area contributed by atoms with Crippen molar-refractivity contribution in [2.75, 3.05) is 25.0 Å². The van der Waals surface area contributed by atoms with Crippen LogP contribution in [-0.2, 0) is 16.6 Å². The van der Waals surface area contributed by atoms with E-state index in [4.69, 9.17) is 0 Å². The number of likely N-dealkylation sites (N-methyl/N-ethyl adjacent to an activating group) is 1. The Morgan fingerprint density at radius 1 is 1.14 bits per heavy atom. The van der Waals surface area contributed by atoms with Gasteiger partial charge in [-0.2, -0.15) is 14.5 Å². The second-order valence-electron chi connectivity index (χ2n) is 9.08. The highest BCUT2D eigenvalue weighted by Gasteiger charge is 2.34. The Hall–Kier alpha value is -3.24. The summed E-state index contributed by atoms with van der Waals surface area (Å²) >= 11 is 0. The highest BCUT2D eigenvalue weighted by Crippen LogP contribution is 2.32. The van der Waals surface area contributed by atoms with Gasteiger partial charge in [0, 0.05) is 50.0 Å². The molecule has 3 heterocycles. The number of hydrogen-bond donors (Lipinski definition) is 0. The van der Waals surface area contributed by atoms with Crippen molar-refractivity contribution in [3.05, 3.63) is 66.4 Å². The van der Waals surface area contributed by atoms with Crippen LogP contribution in [0.3, 0.4) is 0 Å². The van der Waals surface area contributed by atoms with Crippen molar-refractivity contribution in [3.8, 4) is 5.69 Å². The van der Waals surface area contributed by atoms with Crippen LogP contribution in [0.25, 0.3) is 16.6 Å². The lowest BCUT2D eigenvalue weighted by molar-refractivity contribution is 0.390. The first kappa shape index (κ1) is 23.5. The third-order valence-electron chi connectivity index (χ3n) is 6.71. The zero-order valence-electron chi connectivity index (χ0n) is 20.1. The van der Waals surface area contributed by atoms with E-state index < -0.39 is 10.0 Å². The van der Waals surface area contributed by atoms with Crippen molar-refractivity contribution in [2.24, 2.45) is 0 Å². The van der Waals surface area contributed by atoms with E-state index in [1.165, 1.54) is 22.6 Å². The summed E-state index contributed by atoms with van der Waals surface area (Å²) in [5, 5.41) is 9.67. The molecule has 35 heavy (non-hydrogen) atoms. The Morgan fingerprint density at radius 3 is 2.66 bits per heavy atom. The predicted octanol–water partition coefficient (Wildman–Crippen LogP) is 3.98. The molecule has 0 bridgehead atoms. The SMILES string of the molecule is CCCn1cc(S(=O)(=O)N(C)[C@H]2CCN(c3cc4cnn(-c5ccc(F)cc5)c4cc3C)C2)cn1. The molecule has 0 N–H and O–H groups in total. The predicted molar refractivity (Wildman–Crippen MR) is 134 cm³/mol. The molecule has 10 heteroatoms. The molecule has 4 aromatic rings. The molecule has 2 aromatic carbocycles. The number of halogens is 1. The van der Waals surface area contributed by atoms with Crippen LogP contribution in [0.1, 0.15) is 25.3 Å². The second-order valence-corrected chi connectivity index (χ2v) is 11.1. The van der Waals surface area contributed by atoms with Crippen LogP contribution >= 0.6 is 0 Å². The number of fused-ring (bicyclic) bond motifs is 1. The van der Waals surface area contributed by atoms with Gasteiger partial charge in [0.15, 0.2) is 0 Å². The maximum Gasteiger partial charge on any atom is 0.246 e. The quantitative estimate of drug-likeness (QED) is 0.387. The second kappa shape index (κ2) is 9.09. The monoisotopic (exact) mass is 496 g/mol. The van der Waals surface area contributed by atoms with E-state index in [-0.39, 0.29) is 16.8 Å². The number of hydrogen-bond acceptors (Lipinski definition) is 5. The van der Waals surface area contributed by atoms with Crippen LogP contribution in [-0.4, -0.2) is 58.5 Å². The van der Waals surface area contributed by atoms with E-state index in [0.29, 0.717) is 13.1 Å². The summed E-state index contributed by atoms with van der Waals surface area (Å²) in [7, 11) is -1.96. The number of rotatable bonds is 7. The number of nitrogens with zero attached hydrogens (tertiary/aromatic N) is 6. The summed E-state index contributed by atoms with van der Waals surface area (Å²) in [5.41, 5.74) is 3.88. The molecule has 0 unspecified atom stereocenters. The number of aromatic nitrogens is 4. The van der Waals surface area contributed by atoms with Crippen LogP contribution < -0.4 is 4.90 Å². The normalized spacial score (nSPS) is 16.6. The molecule has 0 aliphatic carbocycles. The standard InChI is InChI=1S/C25H29FN6O2S/c1-4-10-31-17-23(15-27-31)35(33,34)29(3)22-9-11-30(16-22)24-13-19-14-28-32(25(19)12-18(24)2)21-7-5-20(26)6-8-21/h5-8,12-15,17,22H,4,9-11,16H2,1-3H3/t22-/m0/s1. The fourth-order valence-corrected chi connectivity index (χ4v) is 6.08. The molecule has 184 valence electrons. The zero-order valence-corrected chi connectivity index (χ0v) is 20.9. The number of sulfonamides is 1. The zero-order chi connectivity index (χ0) is 24.7. The highest BCUT2D eigenvalue weighted by molar-refractivity contribution is 7.89. The lowest BCUT2D eigenvalue weighted by Gasteiger charge is -2.25. The van der Waals surface area contributed by atoms with Crippen molar-refractivity contribution in [1.82, 2.24) is 23.9 Å². The number of anilines is 1. The Balaban J connectivity index is 1.37. The Bertz CT molecular complexity index is 1460. The molecule has 1 atom stereocenters. The van der Waals surface area contributed by atoms with Crippen LogP contribution in [0.2, 0.25) is 0 Å². The van der Waals surface area contributed by atoms with Gasteiger partial charge in [0.25, 0.3) is 0 Å². The van der Waals surface area contributed by atoms with Gasteiger partial charge < -0.3 is 4.90 Å². The highest BCUT2D eigenvalue weighted by atomic mass is 32.2. The van der Waals surface area contributed by atoms with Gasteiger partial charge in [-0.05, 0) is 61.7 Å². The van der Waals surface area contributed by atoms with Gasteiger partial charge in [-0.15, -0.1) is 0 Å². The molecule has 1 aliphatic rings. The van der Waals surface area contributed by atoms with E-state index in [2.05, 4.69) is 27.2 Å². The number of benzene rings is 2. The van der Waals surface area contributed by atoms with Crippen LogP contribution in [0.4, 0.5) is 10.1 Å². The summed E-state index contributed by atoms with van der Waals surface area (Å²) in [6, 6.07) is 10.3. The van der Waals surface area contributed by atoms with Crippen LogP contribution in [0.5, 0.6) is 0 Å². The average Bonchev–Trinajstić information content (AvgIpc) is 3.59.